The number of piperidine rings is 1. The van der Waals surface area contributed by atoms with Crippen molar-refractivity contribution in [1.82, 2.24) is 9.88 Å². The van der Waals surface area contributed by atoms with E-state index in [-0.39, 0.29) is 5.91 Å². The Morgan fingerprint density at radius 3 is 2.71 bits per heavy atom. The van der Waals surface area contributed by atoms with Crippen molar-refractivity contribution in [1.29, 1.82) is 0 Å². The number of carbonyl (C=O) groups excluding carboxylic acids is 1. The summed E-state index contributed by atoms with van der Waals surface area (Å²) in [6, 6.07) is 3.59. The van der Waals surface area contributed by atoms with Gasteiger partial charge in [-0.1, -0.05) is 0 Å². The molecule has 2 rings (SSSR count). The van der Waals surface area contributed by atoms with Crippen LogP contribution in [-0.4, -0.2) is 34.8 Å². The van der Waals surface area contributed by atoms with E-state index in [0.29, 0.717) is 17.5 Å². The van der Waals surface area contributed by atoms with Crippen molar-refractivity contribution >= 4 is 33.4 Å². The predicted octanol–water partition coefficient (Wildman–Crippen LogP) is 2.94. The summed E-state index contributed by atoms with van der Waals surface area (Å²) in [4.78, 5) is 18.1. The zero-order chi connectivity index (χ0) is 12.3. The molecule has 2 heterocycles. The SMILES string of the molecule is O=C(c1ccc(Br)cn1)N1CCC(CCl)CC1. The first kappa shape index (κ1) is 12.8. The van der Waals surface area contributed by atoms with Crippen LogP contribution in [0.15, 0.2) is 22.8 Å². The number of carbonyl (C=O) groups is 1. The van der Waals surface area contributed by atoms with E-state index in [2.05, 4.69) is 20.9 Å². The van der Waals surface area contributed by atoms with Gasteiger partial charge in [0.25, 0.3) is 5.91 Å². The van der Waals surface area contributed by atoms with Crippen molar-refractivity contribution < 1.29 is 4.79 Å². The number of halogens is 2. The minimum absolute atomic E-state index is 0.0190. The van der Waals surface area contributed by atoms with Crippen molar-refractivity contribution in [3.8, 4) is 0 Å². The fourth-order valence-corrected chi connectivity index (χ4v) is 2.50. The summed E-state index contributed by atoms with van der Waals surface area (Å²) in [7, 11) is 0. The standard InChI is InChI=1S/C12H14BrClN2O/c13-10-1-2-11(15-8-10)12(17)16-5-3-9(7-14)4-6-16/h1-2,8-9H,3-7H2. The van der Waals surface area contributed by atoms with Crippen molar-refractivity contribution in [2.75, 3.05) is 19.0 Å². The number of rotatable bonds is 2. The molecule has 0 radical (unpaired) electrons. The Balaban J connectivity index is 1.99. The van der Waals surface area contributed by atoms with Gasteiger partial charge in [0.1, 0.15) is 5.69 Å². The number of hydrogen-bond donors (Lipinski definition) is 0. The number of hydrogen-bond acceptors (Lipinski definition) is 2. The molecule has 0 atom stereocenters. The number of amides is 1. The lowest BCUT2D eigenvalue weighted by molar-refractivity contribution is 0.0692. The fourth-order valence-electron chi connectivity index (χ4n) is 1.95. The second kappa shape index (κ2) is 5.83. The molecular weight excluding hydrogens is 304 g/mol. The average Bonchev–Trinajstić information content (AvgIpc) is 2.39. The lowest BCUT2D eigenvalue weighted by atomic mass is 9.99. The number of nitrogens with zero attached hydrogens (tertiary/aromatic N) is 2. The second-order valence-corrected chi connectivity index (χ2v) is 5.48. The van der Waals surface area contributed by atoms with E-state index >= 15 is 0 Å². The third-order valence-electron chi connectivity index (χ3n) is 3.07. The Bertz CT molecular complexity index is 388. The maximum absolute atomic E-state index is 12.1. The quantitative estimate of drug-likeness (QED) is 0.786. The van der Waals surface area contributed by atoms with Crippen molar-refractivity contribution in [3.63, 3.8) is 0 Å². The first-order chi connectivity index (χ1) is 8.20. The molecule has 1 aliphatic heterocycles. The van der Waals surface area contributed by atoms with Crippen LogP contribution in [0, 0.1) is 5.92 Å². The normalized spacial score (nSPS) is 17.2. The van der Waals surface area contributed by atoms with Gasteiger partial charge in [-0.25, -0.2) is 4.98 Å². The lowest BCUT2D eigenvalue weighted by Gasteiger charge is -2.30. The predicted molar refractivity (Wildman–Crippen MR) is 71.3 cm³/mol. The first-order valence-corrected chi connectivity index (χ1v) is 7.00. The molecule has 0 unspecified atom stereocenters. The van der Waals surface area contributed by atoms with Crippen LogP contribution in [0.2, 0.25) is 0 Å². The minimum atomic E-state index is 0.0190. The Morgan fingerprint density at radius 2 is 2.18 bits per heavy atom. The zero-order valence-electron chi connectivity index (χ0n) is 9.40. The Hall–Kier alpha value is -0.610. The summed E-state index contributed by atoms with van der Waals surface area (Å²) < 4.78 is 0.884. The highest BCUT2D eigenvalue weighted by atomic mass is 79.9. The fraction of sp³-hybridized carbons (Fsp3) is 0.500. The van der Waals surface area contributed by atoms with Gasteiger partial charge < -0.3 is 4.90 Å². The van der Waals surface area contributed by atoms with E-state index in [1.807, 2.05) is 11.0 Å². The molecule has 5 heteroatoms. The smallest absolute Gasteiger partial charge is 0.272 e. The molecule has 1 saturated heterocycles. The van der Waals surface area contributed by atoms with Gasteiger partial charge in [-0.15, -0.1) is 11.6 Å². The molecule has 0 aromatic carbocycles. The summed E-state index contributed by atoms with van der Waals surface area (Å²) in [5.41, 5.74) is 0.512. The maximum Gasteiger partial charge on any atom is 0.272 e. The lowest BCUT2D eigenvalue weighted by Crippen LogP contribution is -2.39. The van der Waals surface area contributed by atoms with Crippen LogP contribution < -0.4 is 0 Å². The molecule has 0 aliphatic carbocycles. The molecule has 17 heavy (non-hydrogen) atoms. The Labute approximate surface area is 114 Å². The highest BCUT2D eigenvalue weighted by Crippen LogP contribution is 2.19. The largest absolute Gasteiger partial charge is 0.337 e. The van der Waals surface area contributed by atoms with Gasteiger partial charge in [-0.05, 0) is 46.8 Å². The second-order valence-electron chi connectivity index (χ2n) is 4.25. The van der Waals surface area contributed by atoms with Crippen LogP contribution in [0.3, 0.4) is 0 Å². The Morgan fingerprint density at radius 1 is 1.47 bits per heavy atom. The van der Waals surface area contributed by atoms with Gasteiger partial charge >= 0.3 is 0 Å². The molecule has 1 amide bonds. The number of alkyl halides is 1. The molecular formula is C12H14BrClN2O. The summed E-state index contributed by atoms with van der Waals surface area (Å²) >= 11 is 9.13. The number of aromatic nitrogens is 1. The van der Waals surface area contributed by atoms with Crippen LogP contribution in [0.1, 0.15) is 23.3 Å². The summed E-state index contributed by atoms with van der Waals surface area (Å²) in [6.07, 6.45) is 3.64. The van der Waals surface area contributed by atoms with Crippen LogP contribution in [0.5, 0.6) is 0 Å². The maximum atomic E-state index is 12.1. The summed E-state index contributed by atoms with van der Waals surface area (Å²) in [6.45, 7) is 1.57. The first-order valence-electron chi connectivity index (χ1n) is 5.67. The van der Waals surface area contributed by atoms with Crippen LogP contribution >= 0.6 is 27.5 Å². The highest BCUT2D eigenvalue weighted by Gasteiger charge is 2.23. The van der Waals surface area contributed by atoms with Crippen molar-refractivity contribution in [2.24, 2.45) is 5.92 Å². The van der Waals surface area contributed by atoms with Gasteiger partial charge in [0.05, 0.1) is 0 Å². The van der Waals surface area contributed by atoms with Gasteiger partial charge in [0, 0.05) is 29.6 Å². The van der Waals surface area contributed by atoms with E-state index in [9.17, 15) is 4.79 Å². The molecule has 1 aromatic rings. The topological polar surface area (TPSA) is 33.2 Å². The summed E-state index contributed by atoms with van der Waals surface area (Å²) in [5.74, 6) is 1.27. The van der Waals surface area contributed by atoms with Crippen LogP contribution in [0.25, 0.3) is 0 Å². The molecule has 0 N–H and O–H groups in total. The molecule has 1 fully saturated rings. The van der Waals surface area contributed by atoms with Crippen molar-refractivity contribution in [3.05, 3.63) is 28.5 Å². The van der Waals surface area contributed by atoms with E-state index in [0.717, 1.165) is 30.4 Å². The van der Waals surface area contributed by atoms with E-state index < -0.39 is 0 Å². The van der Waals surface area contributed by atoms with Gasteiger partial charge in [-0.3, -0.25) is 4.79 Å². The molecule has 92 valence electrons. The van der Waals surface area contributed by atoms with E-state index in [4.69, 9.17) is 11.6 Å². The third-order valence-corrected chi connectivity index (χ3v) is 3.97. The van der Waals surface area contributed by atoms with Crippen molar-refractivity contribution in [2.45, 2.75) is 12.8 Å². The van der Waals surface area contributed by atoms with E-state index in [1.54, 1.807) is 12.3 Å². The Kier molecular flexibility index (Phi) is 4.40. The highest BCUT2D eigenvalue weighted by molar-refractivity contribution is 9.10. The zero-order valence-corrected chi connectivity index (χ0v) is 11.7. The van der Waals surface area contributed by atoms with E-state index in [1.165, 1.54) is 0 Å². The number of likely N-dealkylation sites (tertiary alicyclic amines) is 1. The van der Waals surface area contributed by atoms with Crippen LogP contribution in [0.4, 0.5) is 0 Å². The van der Waals surface area contributed by atoms with Crippen LogP contribution in [-0.2, 0) is 0 Å². The molecule has 3 nitrogen and oxygen atoms in total. The minimum Gasteiger partial charge on any atom is -0.337 e. The average molecular weight is 318 g/mol. The number of pyridine rings is 1. The van der Waals surface area contributed by atoms with Gasteiger partial charge in [-0.2, -0.15) is 0 Å². The third kappa shape index (κ3) is 3.19. The molecule has 0 bridgehead atoms. The molecule has 0 spiro atoms. The molecule has 1 aromatic heterocycles. The molecule has 1 aliphatic rings. The summed E-state index contributed by atoms with van der Waals surface area (Å²) in [5, 5.41) is 0. The van der Waals surface area contributed by atoms with Gasteiger partial charge in [0.15, 0.2) is 0 Å². The molecule has 0 saturated carbocycles. The van der Waals surface area contributed by atoms with Gasteiger partial charge in [0.2, 0.25) is 0 Å². The monoisotopic (exact) mass is 316 g/mol.